The third kappa shape index (κ3) is 3.93. The predicted molar refractivity (Wildman–Crippen MR) is 102 cm³/mol. The fourth-order valence-electron chi connectivity index (χ4n) is 3.92. The number of piperidine rings is 1. The van der Waals surface area contributed by atoms with Crippen molar-refractivity contribution >= 4 is 11.9 Å². The summed E-state index contributed by atoms with van der Waals surface area (Å²) in [6.45, 7) is 2.19. The van der Waals surface area contributed by atoms with Crippen LogP contribution in [-0.4, -0.2) is 58.5 Å². The van der Waals surface area contributed by atoms with Gasteiger partial charge in [-0.1, -0.05) is 0 Å². The smallest absolute Gasteiger partial charge is 0.356 e. The first-order chi connectivity index (χ1) is 13.8. The number of aromatic amines is 1. The van der Waals surface area contributed by atoms with Crippen LogP contribution in [0.1, 0.15) is 40.9 Å². The Labute approximate surface area is 166 Å². The number of anilines is 1. The quantitative estimate of drug-likeness (QED) is 0.727. The van der Waals surface area contributed by atoms with E-state index in [1.807, 2.05) is 0 Å². The molecule has 4 heterocycles. The number of nitrogens with one attached hydrogen (secondary N) is 3. The van der Waals surface area contributed by atoms with Gasteiger partial charge in [0.2, 0.25) is 5.95 Å². The summed E-state index contributed by atoms with van der Waals surface area (Å²) < 4.78 is 41.1. The average molecular weight is 408 g/mol. The molecule has 4 rings (SSSR count). The van der Waals surface area contributed by atoms with Crippen LogP contribution in [0.4, 0.5) is 19.1 Å². The molecule has 156 valence electrons. The molecule has 7 nitrogen and oxygen atoms in total. The Kier molecular flexibility index (Phi) is 5.20. The van der Waals surface area contributed by atoms with Gasteiger partial charge in [-0.05, 0) is 37.8 Å². The highest BCUT2D eigenvalue weighted by molar-refractivity contribution is 5.96. The summed E-state index contributed by atoms with van der Waals surface area (Å²) in [6, 6.07) is 0.0619. The van der Waals surface area contributed by atoms with E-state index in [2.05, 4.69) is 25.6 Å². The zero-order chi connectivity index (χ0) is 20.6. The van der Waals surface area contributed by atoms with E-state index in [4.69, 9.17) is 0 Å². The molecular weight excluding hydrogens is 385 g/mol. The number of hydrogen-bond acceptors (Lipinski definition) is 5. The molecule has 2 aliphatic heterocycles. The van der Waals surface area contributed by atoms with Gasteiger partial charge in [0.25, 0.3) is 5.91 Å². The van der Waals surface area contributed by atoms with Crippen LogP contribution in [0.5, 0.6) is 0 Å². The first-order valence-corrected chi connectivity index (χ1v) is 9.72. The van der Waals surface area contributed by atoms with Crippen LogP contribution in [-0.2, 0) is 12.6 Å². The first kappa shape index (κ1) is 19.7. The van der Waals surface area contributed by atoms with Crippen molar-refractivity contribution in [3.63, 3.8) is 0 Å². The summed E-state index contributed by atoms with van der Waals surface area (Å²) in [7, 11) is 1.68. The zero-order valence-electron chi connectivity index (χ0n) is 16.1. The molecule has 10 heteroatoms. The van der Waals surface area contributed by atoms with Crippen molar-refractivity contribution in [2.75, 3.05) is 32.0 Å². The molecule has 1 fully saturated rings. The van der Waals surface area contributed by atoms with Crippen molar-refractivity contribution in [3.05, 3.63) is 29.2 Å². The van der Waals surface area contributed by atoms with Crippen molar-refractivity contribution < 1.29 is 18.0 Å². The van der Waals surface area contributed by atoms with Crippen LogP contribution < -0.4 is 10.6 Å². The molecule has 1 amide bonds. The Balaban J connectivity index is 1.76. The molecule has 1 atom stereocenters. The van der Waals surface area contributed by atoms with Crippen LogP contribution in [0, 0.1) is 0 Å². The number of rotatable bonds is 3. The second-order valence-electron chi connectivity index (χ2n) is 7.53. The van der Waals surface area contributed by atoms with Crippen LogP contribution >= 0.6 is 0 Å². The molecule has 2 aromatic heterocycles. The standard InChI is InChI=1S/C19H23F3N6O/c1-28-7-3-5-12-13(9-24-16(12)17(28)29)15-14(19(20,21)22)10-25-18(27-15)26-11-4-2-6-23-8-11/h9-11,23-24H,2-8H2,1H3,(H,25,26,27)/t11-/m0/s1. The summed E-state index contributed by atoms with van der Waals surface area (Å²) in [5.74, 6) is -0.0632. The fourth-order valence-corrected chi connectivity index (χ4v) is 3.92. The van der Waals surface area contributed by atoms with Crippen LogP contribution in [0.15, 0.2) is 12.4 Å². The summed E-state index contributed by atoms with van der Waals surface area (Å²) in [5.41, 5.74) is 0.111. The summed E-state index contributed by atoms with van der Waals surface area (Å²) in [5, 5.41) is 6.38. The zero-order valence-corrected chi connectivity index (χ0v) is 16.1. The number of nitrogens with zero attached hydrogens (tertiary/aromatic N) is 3. The molecular formula is C19H23F3N6O. The highest BCUT2D eigenvalue weighted by atomic mass is 19.4. The van der Waals surface area contributed by atoms with E-state index in [9.17, 15) is 18.0 Å². The monoisotopic (exact) mass is 408 g/mol. The SMILES string of the molecule is CN1CCCc2c(-c3nc(N[C@H]4CCCNC4)ncc3C(F)(F)F)c[nH]c2C1=O. The Hall–Kier alpha value is -2.62. The van der Waals surface area contributed by atoms with E-state index in [0.717, 1.165) is 25.6 Å². The number of carbonyl (C=O) groups excluding carboxylic acids is 1. The number of amides is 1. The Bertz CT molecular complexity index is 904. The van der Waals surface area contributed by atoms with Crippen molar-refractivity contribution in [2.24, 2.45) is 0 Å². The third-order valence-electron chi connectivity index (χ3n) is 5.45. The lowest BCUT2D eigenvalue weighted by Gasteiger charge is -2.24. The van der Waals surface area contributed by atoms with E-state index in [1.165, 1.54) is 6.20 Å². The van der Waals surface area contributed by atoms with E-state index in [0.29, 0.717) is 42.8 Å². The van der Waals surface area contributed by atoms with Crippen molar-refractivity contribution in [2.45, 2.75) is 37.9 Å². The molecule has 0 saturated carbocycles. The average Bonchev–Trinajstić information content (AvgIpc) is 3.05. The maximum Gasteiger partial charge on any atom is 0.419 e. The number of H-pyrrole nitrogens is 1. The molecule has 0 aliphatic carbocycles. The molecule has 1 saturated heterocycles. The lowest BCUT2D eigenvalue weighted by Crippen LogP contribution is -2.38. The van der Waals surface area contributed by atoms with Gasteiger partial charge in [-0.3, -0.25) is 4.79 Å². The maximum atomic E-state index is 13.7. The fraction of sp³-hybridized carbons (Fsp3) is 0.526. The van der Waals surface area contributed by atoms with Gasteiger partial charge in [-0.25, -0.2) is 9.97 Å². The van der Waals surface area contributed by atoms with Crippen molar-refractivity contribution in [1.82, 2.24) is 25.2 Å². The summed E-state index contributed by atoms with van der Waals surface area (Å²) in [4.78, 5) is 25.1. The molecule has 3 N–H and O–H groups in total. The highest BCUT2D eigenvalue weighted by Crippen LogP contribution is 2.39. The van der Waals surface area contributed by atoms with E-state index in [-0.39, 0.29) is 23.6 Å². The van der Waals surface area contributed by atoms with Gasteiger partial charge in [0.1, 0.15) is 11.3 Å². The molecule has 0 aromatic carbocycles. The highest BCUT2D eigenvalue weighted by Gasteiger charge is 2.37. The summed E-state index contributed by atoms with van der Waals surface area (Å²) in [6.07, 6.45) is 0.720. The van der Waals surface area contributed by atoms with Gasteiger partial charge >= 0.3 is 6.18 Å². The predicted octanol–water partition coefficient (Wildman–Crippen LogP) is 2.67. The van der Waals surface area contributed by atoms with E-state index >= 15 is 0 Å². The van der Waals surface area contributed by atoms with E-state index < -0.39 is 11.7 Å². The second kappa shape index (κ2) is 7.66. The number of alkyl halides is 3. The van der Waals surface area contributed by atoms with Crippen LogP contribution in [0.25, 0.3) is 11.3 Å². The van der Waals surface area contributed by atoms with Gasteiger partial charge in [0.15, 0.2) is 0 Å². The molecule has 0 radical (unpaired) electrons. The van der Waals surface area contributed by atoms with Gasteiger partial charge < -0.3 is 20.5 Å². The number of fused-ring (bicyclic) bond motifs is 1. The van der Waals surface area contributed by atoms with Gasteiger partial charge in [-0.15, -0.1) is 0 Å². The number of carbonyl (C=O) groups is 1. The van der Waals surface area contributed by atoms with Crippen molar-refractivity contribution in [1.29, 1.82) is 0 Å². The number of aromatic nitrogens is 3. The number of hydrogen-bond donors (Lipinski definition) is 3. The minimum atomic E-state index is -4.60. The molecule has 0 bridgehead atoms. The molecule has 2 aromatic rings. The lowest BCUT2D eigenvalue weighted by atomic mass is 10.0. The topological polar surface area (TPSA) is 85.9 Å². The normalized spacial score (nSPS) is 20.3. The molecule has 0 unspecified atom stereocenters. The minimum absolute atomic E-state index is 0.0619. The minimum Gasteiger partial charge on any atom is -0.356 e. The van der Waals surface area contributed by atoms with Gasteiger partial charge in [0.05, 0.1) is 5.69 Å². The molecule has 0 spiro atoms. The van der Waals surface area contributed by atoms with E-state index in [1.54, 1.807) is 11.9 Å². The maximum absolute atomic E-state index is 13.7. The van der Waals surface area contributed by atoms with Crippen molar-refractivity contribution in [3.8, 4) is 11.3 Å². The first-order valence-electron chi connectivity index (χ1n) is 9.72. The Morgan fingerprint density at radius 1 is 1.31 bits per heavy atom. The largest absolute Gasteiger partial charge is 0.419 e. The van der Waals surface area contributed by atoms with Gasteiger partial charge in [0, 0.05) is 44.1 Å². The lowest BCUT2D eigenvalue weighted by molar-refractivity contribution is -0.137. The third-order valence-corrected chi connectivity index (χ3v) is 5.45. The van der Waals surface area contributed by atoms with Gasteiger partial charge in [-0.2, -0.15) is 13.2 Å². The molecule has 2 aliphatic rings. The second-order valence-corrected chi connectivity index (χ2v) is 7.53. The molecule has 29 heavy (non-hydrogen) atoms. The number of halogens is 3. The van der Waals surface area contributed by atoms with Crippen LogP contribution in [0.3, 0.4) is 0 Å². The van der Waals surface area contributed by atoms with Crippen LogP contribution in [0.2, 0.25) is 0 Å². The Morgan fingerprint density at radius 3 is 2.86 bits per heavy atom. The Morgan fingerprint density at radius 2 is 2.14 bits per heavy atom. The summed E-state index contributed by atoms with van der Waals surface area (Å²) >= 11 is 0.